The van der Waals surface area contributed by atoms with E-state index >= 15 is 0 Å². The smallest absolute Gasteiger partial charge is 0.253 e. The summed E-state index contributed by atoms with van der Waals surface area (Å²) in [6.07, 6.45) is 1.11. The van der Waals surface area contributed by atoms with Gasteiger partial charge in [0.05, 0.1) is 18.7 Å². The molecule has 2 N–H and O–H groups in total. The first kappa shape index (κ1) is 20.8. The van der Waals surface area contributed by atoms with Crippen LogP contribution in [0.2, 0.25) is 0 Å². The maximum Gasteiger partial charge on any atom is 0.253 e. The number of carbonyl (C=O) groups is 4. The zero-order valence-electron chi connectivity index (χ0n) is 16.6. The Labute approximate surface area is 169 Å². The highest BCUT2D eigenvalue weighted by Crippen LogP contribution is 2.25. The van der Waals surface area contributed by atoms with Crippen LogP contribution in [0.4, 0.5) is 5.69 Å². The summed E-state index contributed by atoms with van der Waals surface area (Å²) in [6.45, 7) is 5.00. The predicted molar refractivity (Wildman–Crippen MR) is 105 cm³/mol. The second kappa shape index (κ2) is 9.04. The number of carbonyl (C=O) groups excluding carboxylic acids is 4. The van der Waals surface area contributed by atoms with Crippen molar-refractivity contribution in [1.82, 2.24) is 15.8 Å². The van der Waals surface area contributed by atoms with Crippen molar-refractivity contribution in [1.29, 1.82) is 0 Å². The van der Waals surface area contributed by atoms with Gasteiger partial charge in [-0.15, -0.1) is 0 Å². The fourth-order valence-electron chi connectivity index (χ4n) is 3.59. The molecule has 0 radical (unpaired) electrons. The van der Waals surface area contributed by atoms with E-state index in [0.29, 0.717) is 44.0 Å². The second-order valence-corrected chi connectivity index (χ2v) is 7.16. The summed E-state index contributed by atoms with van der Waals surface area (Å²) in [5.74, 6) is -0.536. The molecule has 156 valence electrons. The number of ether oxygens (including phenoxy) is 1. The van der Waals surface area contributed by atoms with E-state index in [-0.39, 0.29) is 30.1 Å². The quantitative estimate of drug-likeness (QED) is 0.533. The Balaban J connectivity index is 1.53. The van der Waals surface area contributed by atoms with Crippen LogP contribution in [0.5, 0.6) is 5.75 Å². The summed E-state index contributed by atoms with van der Waals surface area (Å²) in [5.41, 5.74) is 5.75. The monoisotopic (exact) mass is 402 g/mol. The summed E-state index contributed by atoms with van der Waals surface area (Å²) < 4.78 is 5.37. The number of likely N-dealkylation sites (tertiary alicyclic amines) is 1. The lowest BCUT2D eigenvalue weighted by molar-refractivity contribution is -0.134. The molecule has 0 unspecified atom stereocenters. The molecule has 0 spiro atoms. The average Bonchev–Trinajstić information content (AvgIpc) is 3.00. The topological polar surface area (TPSA) is 108 Å². The SMILES string of the molecule is CCOc1ccc(N2C(=O)C[C@H](NNC(=O)C3CCN(C(C)=O)CC3)C2=O)cc1. The minimum atomic E-state index is -0.810. The van der Waals surface area contributed by atoms with Gasteiger partial charge in [0.1, 0.15) is 11.8 Å². The standard InChI is InChI=1S/C20H26N4O5/c1-3-29-16-6-4-15(5-7-16)24-18(26)12-17(20(24)28)21-22-19(27)14-8-10-23(11-9-14)13(2)25/h4-7,14,17,21H,3,8-12H2,1-2H3,(H,22,27)/t17-/m0/s1. The van der Waals surface area contributed by atoms with Crippen LogP contribution in [-0.4, -0.2) is 54.3 Å². The molecule has 29 heavy (non-hydrogen) atoms. The van der Waals surface area contributed by atoms with Crippen LogP contribution >= 0.6 is 0 Å². The Morgan fingerprint density at radius 3 is 2.38 bits per heavy atom. The Kier molecular flexibility index (Phi) is 6.48. The second-order valence-electron chi connectivity index (χ2n) is 7.16. The van der Waals surface area contributed by atoms with Crippen molar-refractivity contribution in [2.24, 2.45) is 5.92 Å². The first-order chi connectivity index (χ1) is 13.9. The van der Waals surface area contributed by atoms with Gasteiger partial charge in [-0.3, -0.25) is 24.6 Å². The van der Waals surface area contributed by atoms with Gasteiger partial charge in [0.15, 0.2) is 0 Å². The van der Waals surface area contributed by atoms with Crippen molar-refractivity contribution in [3.63, 3.8) is 0 Å². The van der Waals surface area contributed by atoms with Gasteiger partial charge in [-0.25, -0.2) is 10.3 Å². The fraction of sp³-hybridized carbons (Fsp3) is 0.500. The van der Waals surface area contributed by atoms with Crippen molar-refractivity contribution in [3.8, 4) is 5.75 Å². The van der Waals surface area contributed by atoms with E-state index in [4.69, 9.17) is 4.74 Å². The van der Waals surface area contributed by atoms with E-state index in [2.05, 4.69) is 10.9 Å². The van der Waals surface area contributed by atoms with Gasteiger partial charge in [0.2, 0.25) is 17.7 Å². The van der Waals surface area contributed by atoms with Crippen LogP contribution in [0.25, 0.3) is 0 Å². The Morgan fingerprint density at radius 2 is 1.79 bits per heavy atom. The lowest BCUT2D eigenvalue weighted by atomic mass is 9.96. The maximum atomic E-state index is 12.6. The number of nitrogens with zero attached hydrogens (tertiary/aromatic N) is 2. The summed E-state index contributed by atoms with van der Waals surface area (Å²) in [6, 6.07) is 5.91. The molecule has 1 aromatic carbocycles. The normalized spacial score (nSPS) is 20.1. The minimum Gasteiger partial charge on any atom is -0.494 e. The zero-order chi connectivity index (χ0) is 21.0. The molecule has 2 aliphatic rings. The van der Waals surface area contributed by atoms with Crippen molar-refractivity contribution < 1.29 is 23.9 Å². The summed E-state index contributed by atoms with van der Waals surface area (Å²) >= 11 is 0. The number of rotatable bonds is 6. The van der Waals surface area contributed by atoms with Crippen LogP contribution in [0.3, 0.4) is 0 Å². The molecule has 3 rings (SSSR count). The number of amides is 4. The molecule has 9 heteroatoms. The van der Waals surface area contributed by atoms with E-state index in [9.17, 15) is 19.2 Å². The lowest BCUT2D eigenvalue weighted by Crippen LogP contribution is -2.51. The van der Waals surface area contributed by atoms with E-state index in [0.717, 1.165) is 4.90 Å². The van der Waals surface area contributed by atoms with Crippen LogP contribution in [0.1, 0.15) is 33.1 Å². The molecular formula is C20H26N4O5. The average molecular weight is 402 g/mol. The largest absolute Gasteiger partial charge is 0.494 e. The fourth-order valence-corrected chi connectivity index (χ4v) is 3.59. The van der Waals surface area contributed by atoms with Gasteiger partial charge in [0.25, 0.3) is 5.91 Å². The van der Waals surface area contributed by atoms with Gasteiger partial charge in [-0.05, 0) is 44.0 Å². The summed E-state index contributed by atoms with van der Waals surface area (Å²) in [7, 11) is 0. The highest BCUT2D eigenvalue weighted by molar-refractivity contribution is 6.22. The minimum absolute atomic E-state index is 0.00595. The molecular weight excluding hydrogens is 376 g/mol. The van der Waals surface area contributed by atoms with E-state index in [1.807, 2.05) is 6.92 Å². The van der Waals surface area contributed by atoms with Crippen molar-refractivity contribution in [3.05, 3.63) is 24.3 Å². The molecule has 4 amide bonds. The molecule has 1 aromatic rings. The highest BCUT2D eigenvalue weighted by atomic mass is 16.5. The van der Waals surface area contributed by atoms with Gasteiger partial charge in [-0.2, -0.15) is 0 Å². The number of benzene rings is 1. The third-order valence-electron chi connectivity index (χ3n) is 5.23. The Bertz CT molecular complexity index is 787. The third-order valence-corrected chi connectivity index (χ3v) is 5.23. The Morgan fingerprint density at radius 1 is 1.14 bits per heavy atom. The Hall–Kier alpha value is -2.94. The summed E-state index contributed by atoms with van der Waals surface area (Å²) in [4.78, 5) is 51.6. The van der Waals surface area contributed by atoms with Crippen LogP contribution in [0.15, 0.2) is 24.3 Å². The van der Waals surface area contributed by atoms with Crippen LogP contribution in [0, 0.1) is 5.92 Å². The van der Waals surface area contributed by atoms with E-state index in [1.54, 1.807) is 29.2 Å². The number of piperidine rings is 1. The van der Waals surface area contributed by atoms with Crippen LogP contribution < -0.4 is 20.5 Å². The first-order valence-electron chi connectivity index (χ1n) is 9.81. The van der Waals surface area contributed by atoms with Crippen molar-refractivity contribution in [2.75, 3.05) is 24.6 Å². The van der Waals surface area contributed by atoms with Crippen LogP contribution in [-0.2, 0) is 19.2 Å². The first-order valence-corrected chi connectivity index (χ1v) is 9.81. The predicted octanol–water partition coefficient (Wildman–Crippen LogP) is 0.597. The lowest BCUT2D eigenvalue weighted by Gasteiger charge is -2.30. The molecule has 0 saturated carbocycles. The molecule has 2 saturated heterocycles. The number of imide groups is 1. The van der Waals surface area contributed by atoms with Crippen molar-refractivity contribution >= 4 is 29.3 Å². The molecule has 0 aromatic heterocycles. The maximum absolute atomic E-state index is 12.6. The number of hydrogen-bond donors (Lipinski definition) is 2. The molecule has 9 nitrogen and oxygen atoms in total. The molecule has 0 bridgehead atoms. The van der Waals surface area contributed by atoms with Gasteiger partial charge < -0.3 is 9.64 Å². The van der Waals surface area contributed by atoms with Gasteiger partial charge >= 0.3 is 0 Å². The van der Waals surface area contributed by atoms with Gasteiger partial charge in [-0.1, -0.05) is 0 Å². The number of hydrogen-bond acceptors (Lipinski definition) is 6. The van der Waals surface area contributed by atoms with E-state index in [1.165, 1.54) is 6.92 Å². The third kappa shape index (κ3) is 4.73. The number of nitrogens with one attached hydrogen (secondary N) is 2. The molecule has 2 fully saturated rings. The highest BCUT2D eigenvalue weighted by Gasteiger charge is 2.40. The summed E-state index contributed by atoms with van der Waals surface area (Å²) in [5, 5.41) is 0. The number of anilines is 1. The van der Waals surface area contributed by atoms with Gasteiger partial charge in [0, 0.05) is 25.9 Å². The molecule has 2 heterocycles. The molecule has 1 atom stereocenters. The number of hydrazine groups is 1. The molecule has 0 aliphatic carbocycles. The molecule has 2 aliphatic heterocycles. The zero-order valence-corrected chi connectivity index (χ0v) is 16.6. The van der Waals surface area contributed by atoms with Crippen molar-refractivity contribution in [2.45, 2.75) is 39.2 Å². The van der Waals surface area contributed by atoms with E-state index < -0.39 is 11.9 Å².